The average Bonchev–Trinajstić information content (AvgIpc) is 2.94. The average molecular weight is 348 g/mol. The van der Waals surface area contributed by atoms with Gasteiger partial charge >= 0.3 is 0 Å². The van der Waals surface area contributed by atoms with Crippen molar-refractivity contribution < 1.29 is 14.3 Å². The molecule has 2 aromatic rings. The Hall–Kier alpha value is -2.84. The molecule has 1 heterocycles. The number of carbonyl (C=O) groups is 1. The molecule has 9 nitrogen and oxygen atoms in total. The molecule has 1 aromatic carbocycles. The van der Waals surface area contributed by atoms with Crippen LogP contribution in [0.5, 0.6) is 11.5 Å². The van der Waals surface area contributed by atoms with Gasteiger partial charge in [0.1, 0.15) is 0 Å². The van der Waals surface area contributed by atoms with Crippen molar-refractivity contribution in [2.45, 2.75) is 32.9 Å². The van der Waals surface area contributed by atoms with Gasteiger partial charge in [-0.15, -0.1) is 0 Å². The van der Waals surface area contributed by atoms with Crippen molar-refractivity contribution in [3.63, 3.8) is 0 Å². The molecule has 0 atom stereocenters. The molecule has 0 unspecified atom stereocenters. The first-order valence-electron chi connectivity index (χ1n) is 7.86. The van der Waals surface area contributed by atoms with Crippen LogP contribution in [0.4, 0.5) is 5.95 Å². The van der Waals surface area contributed by atoms with Crippen molar-refractivity contribution in [2.24, 2.45) is 7.05 Å². The Balaban J connectivity index is 2.09. The van der Waals surface area contributed by atoms with Gasteiger partial charge < -0.3 is 20.1 Å². The minimum atomic E-state index is -0.316. The topological polar surface area (TPSA) is 103 Å². The maximum atomic E-state index is 12.0. The van der Waals surface area contributed by atoms with E-state index in [4.69, 9.17) is 9.47 Å². The Morgan fingerprint density at radius 1 is 1.32 bits per heavy atom. The summed E-state index contributed by atoms with van der Waals surface area (Å²) in [5.74, 6) is 1.39. The van der Waals surface area contributed by atoms with Gasteiger partial charge in [0.05, 0.1) is 7.11 Å². The third kappa shape index (κ3) is 5.33. The van der Waals surface area contributed by atoms with E-state index in [9.17, 15) is 4.79 Å². The SMILES string of the molecule is COc1cccc(CNc2nnnn2C)c1OCC(=O)NC(C)(C)C. The number of hydrogen-bond acceptors (Lipinski definition) is 7. The van der Waals surface area contributed by atoms with Gasteiger partial charge in [0.2, 0.25) is 5.95 Å². The van der Waals surface area contributed by atoms with Crippen LogP contribution in [0.3, 0.4) is 0 Å². The Labute approximate surface area is 146 Å². The molecule has 1 amide bonds. The van der Waals surface area contributed by atoms with E-state index in [1.165, 1.54) is 4.68 Å². The highest BCUT2D eigenvalue weighted by molar-refractivity contribution is 5.78. The predicted molar refractivity (Wildman–Crippen MR) is 92.5 cm³/mol. The highest BCUT2D eigenvalue weighted by atomic mass is 16.5. The summed E-state index contributed by atoms with van der Waals surface area (Å²) >= 11 is 0. The predicted octanol–water partition coefficient (Wildman–Crippen LogP) is 1.12. The molecule has 0 radical (unpaired) electrons. The highest BCUT2D eigenvalue weighted by Gasteiger charge is 2.17. The number of para-hydroxylation sites is 1. The van der Waals surface area contributed by atoms with Gasteiger partial charge in [0.15, 0.2) is 18.1 Å². The van der Waals surface area contributed by atoms with Crippen LogP contribution in [0.2, 0.25) is 0 Å². The third-order valence-electron chi connectivity index (χ3n) is 3.20. The Morgan fingerprint density at radius 3 is 2.68 bits per heavy atom. The minimum Gasteiger partial charge on any atom is -0.493 e. The molecule has 2 N–H and O–H groups in total. The Kier molecular flexibility index (Phi) is 5.79. The van der Waals surface area contributed by atoms with Crippen molar-refractivity contribution in [1.29, 1.82) is 0 Å². The van der Waals surface area contributed by atoms with Crippen molar-refractivity contribution in [2.75, 3.05) is 19.0 Å². The van der Waals surface area contributed by atoms with E-state index in [1.807, 2.05) is 32.9 Å². The molecule has 136 valence electrons. The molecule has 9 heteroatoms. The van der Waals surface area contributed by atoms with E-state index in [0.29, 0.717) is 24.0 Å². The van der Waals surface area contributed by atoms with Crippen LogP contribution in [-0.4, -0.2) is 45.4 Å². The molecule has 25 heavy (non-hydrogen) atoms. The van der Waals surface area contributed by atoms with E-state index in [1.54, 1.807) is 20.2 Å². The Bertz CT molecular complexity index is 723. The number of methoxy groups -OCH3 is 1. The van der Waals surface area contributed by atoms with E-state index in [2.05, 4.69) is 26.2 Å². The number of aromatic nitrogens is 4. The summed E-state index contributed by atoms with van der Waals surface area (Å²) in [6.07, 6.45) is 0. The fourth-order valence-electron chi connectivity index (χ4n) is 2.17. The molecule has 0 saturated heterocycles. The summed E-state index contributed by atoms with van der Waals surface area (Å²) < 4.78 is 12.6. The van der Waals surface area contributed by atoms with E-state index in [-0.39, 0.29) is 18.1 Å². The number of anilines is 1. The smallest absolute Gasteiger partial charge is 0.258 e. The second-order valence-corrected chi connectivity index (χ2v) is 6.52. The lowest BCUT2D eigenvalue weighted by atomic mass is 10.1. The second kappa shape index (κ2) is 7.82. The number of rotatable bonds is 7. The Morgan fingerprint density at radius 2 is 2.08 bits per heavy atom. The molecule has 0 saturated carbocycles. The molecule has 0 fully saturated rings. The summed E-state index contributed by atoms with van der Waals surface area (Å²) in [4.78, 5) is 12.0. The molecule has 2 rings (SSSR count). The van der Waals surface area contributed by atoms with Gasteiger partial charge in [0.25, 0.3) is 5.91 Å². The molecule has 0 spiro atoms. The molecular formula is C16H24N6O3. The number of nitrogens with zero attached hydrogens (tertiary/aromatic N) is 4. The van der Waals surface area contributed by atoms with Crippen LogP contribution in [0, 0.1) is 0 Å². The van der Waals surface area contributed by atoms with Crippen LogP contribution in [0.15, 0.2) is 18.2 Å². The van der Waals surface area contributed by atoms with Gasteiger partial charge in [-0.2, -0.15) is 0 Å². The summed E-state index contributed by atoms with van der Waals surface area (Å²) in [6, 6.07) is 5.52. The van der Waals surface area contributed by atoms with E-state index in [0.717, 1.165) is 5.56 Å². The number of carbonyl (C=O) groups excluding carboxylic acids is 1. The molecular weight excluding hydrogens is 324 g/mol. The lowest BCUT2D eigenvalue weighted by Gasteiger charge is -2.21. The zero-order chi connectivity index (χ0) is 18.4. The number of tetrazole rings is 1. The summed E-state index contributed by atoms with van der Waals surface area (Å²) in [7, 11) is 3.30. The fraction of sp³-hybridized carbons (Fsp3) is 0.500. The number of amides is 1. The zero-order valence-electron chi connectivity index (χ0n) is 15.2. The van der Waals surface area contributed by atoms with Crippen LogP contribution >= 0.6 is 0 Å². The van der Waals surface area contributed by atoms with Crippen molar-refractivity contribution in [3.05, 3.63) is 23.8 Å². The minimum absolute atomic E-state index is 0.101. The first-order valence-corrected chi connectivity index (χ1v) is 7.86. The van der Waals surface area contributed by atoms with Crippen LogP contribution in [0.1, 0.15) is 26.3 Å². The zero-order valence-corrected chi connectivity index (χ0v) is 15.2. The number of aryl methyl sites for hydroxylation is 1. The first kappa shape index (κ1) is 18.5. The van der Waals surface area contributed by atoms with Crippen LogP contribution in [-0.2, 0) is 18.4 Å². The van der Waals surface area contributed by atoms with Gasteiger partial charge in [-0.1, -0.05) is 17.2 Å². The quantitative estimate of drug-likeness (QED) is 0.773. The largest absolute Gasteiger partial charge is 0.493 e. The standard InChI is InChI=1S/C16H24N6O3/c1-16(2,3)18-13(23)10-25-14-11(7-6-8-12(14)24-5)9-17-15-19-20-21-22(15)4/h6-8H,9-10H2,1-5H3,(H,18,23)(H,17,19,21). The van der Waals surface area contributed by atoms with Gasteiger partial charge in [-0.05, 0) is 37.3 Å². The molecule has 0 aliphatic heterocycles. The molecule has 0 aliphatic rings. The monoisotopic (exact) mass is 348 g/mol. The van der Waals surface area contributed by atoms with Crippen molar-refractivity contribution in [3.8, 4) is 11.5 Å². The highest BCUT2D eigenvalue weighted by Crippen LogP contribution is 2.31. The normalized spacial score (nSPS) is 11.1. The second-order valence-electron chi connectivity index (χ2n) is 6.52. The first-order chi connectivity index (χ1) is 11.8. The summed E-state index contributed by atoms with van der Waals surface area (Å²) in [6.45, 7) is 6.06. The lowest BCUT2D eigenvalue weighted by Crippen LogP contribution is -2.43. The number of benzene rings is 1. The van der Waals surface area contributed by atoms with Gasteiger partial charge in [-0.3, -0.25) is 4.79 Å². The number of hydrogen-bond donors (Lipinski definition) is 2. The molecule has 1 aromatic heterocycles. The number of nitrogens with one attached hydrogen (secondary N) is 2. The maximum absolute atomic E-state index is 12.0. The van der Waals surface area contributed by atoms with E-state index >= 15 is 0 Å². The molecule has 0 bridgehead atoms. The van der Waals surface area contributed by atoms with Crippen LogP contribution < -0.4 is 20.1 Å². The summed E-state index contributed by atoms with van der Waals surface area (Å²) in [5, 5.41) is 17.2. The summed E-state index contributed by atoms with van der Waals surface area (Å²) in [5.41, 5.74) is 0.509. The van der Waals surface area contributed by atoms with Gasteiger partial charge in [-0.25, -0.2) is 4.68 Å². The third-order valence-corrected chi connectivity index (χ3v) is 3.20. The van der Waals surface area contributed by atoms with E-state index < -0.39 is 0 Å². The van der Waals surface area contributed by atoms with Gasteiger partial charge in [0, 0.05) is 24.7 Å². The number of ether oxygens (including phenoxy) is 2. The maximum Gasteiger partial charge on any atom is 0.258 e. The fourth-order valence-corrected chi connectivity index (χ4v) is 2.17. The van der Waals surface area contributed by atoms with Crippen molar-refractivity contribution in [1.82, 2.24) is 25.5 Å². The lowest BCUT2D eigenvalue weighted by molar-refractivity contribution is -0.124. The van der Waals surface area contributed by atoms with Crippen LogP contribution in [0.25, 0.3) is 0 Å². The van der Waals surface area contributed by atoms with Crippen molar-refractivity contribution >= 4 is 11.9 Å². The molecule has 0 aliphatic carbocycles.